The Kier molecular flexibility index (Phi) is 9.05. The van der Waals surface area contributed by atoms with Gasteiger partial charge in [0.2, 0.25) is 0 Å². The molecule has 1 amide bonds. The number of nitrogens with one attached hydrogen (secondary N) is 1. The highest BCUT2D eigenvalue weighted by atomic mass is 16.6. The summed E-state index contributed by atoms with van der Waals surface area (Å²) >= 11 is 0. The van der Waals surface area contributed by atoms with E-state index >= 15 is 0 Å². The summed E-state index contributed by atoms with van der Waals surface area (Å²) in [7, 11) is 2.05. The minimum Gasteiger partial charge on any atom is -0.447 e. The van der Waals surface area contributed by atoms with Gasteiger partial charge in [-0.3, -0.25) is 15.4 Å². The fourth-order valence-corrected chi connectivity index (χ4v) is 4.63. The number of alkyl carbamates (subject to hydrolysis) is 1. The lowest BCUT2D eigenvalue weighted by Crippen LogP contribution is -2.23. The molecule has 0 spiro atoms. The van der Waals surface area contributed by atoms with Gasteiger partial charge in [0.1, 0.15) is 12.4 Å². The number of hydrogen-bond acceptors (Lipinski definition) is 8. The number of rotatable bonds is 11. The number of ether oxygens (including phenoxy) is 1. The topological polar surface area (TPSA) is 127 Å². The van der Waals surface area contributed by atoms with E-state index in [0.29, 0.717) is 28.2 Å². The largest absolute Gasteiger partial charge is 0.447 e. The number of benzene rings is 4. The number of carbonyl (C=O) groups is 1. The van der Waals surface area contributed by atoms with Crippen LogP contribution in [0.4, 0.5) is 27.5 Å². The first-order chi connectivity index (χ1) is 21.3. The summed E-state index contributed by atoms with van der Waals surface area (Å²) in [5, 5.41) is 22.6. The molecule has 5 rings (SSSR count). The van der Waals surface area contributed by atoms with Crippen LogP contribution < -0.4 is 10.2 Å². The summed E-state index contributed by atoms with van der Waals surface area (Å²) in [5.74, 6) is 0.572. The van der Waals surface area contributed by atoms with Crippen molar-refractivity contribution in [1.29, 1.82) is 0 Å². The van der Waals surface area contributed by atoms with Gasteiger partial charge in [-0.15, -0.1) is 0 Å². The zero-order valence-corrected chi connectivity index (χ0v) is 24.4. The summed E-state index contributed by atoms with van der Waals surface area (Å²) in [6, 6.07) is 30.0. The van der Waals surface area contributed by atoms with Crippen LogP contribution in [0.15, 0.2) is 120 Å². The van der Waals surface area contributed by atoms with Crippen LogP contribution in [0, 0.1) is 10.1 Å². The summed E-state index contributed by atoms with van der Waals surface area (Å²) in [6.07, 6.45) is -0.609. The highest BCUT2D eigenvalue weighted by molar-refractivity contribution is 5.83. The number of fused-ring (bicyclic) bond motifs is 1. The van der Waals surface area contributed by atoms with E-state index in [1.54, 1.807) is 13.0 Å². The Labute approximate surface area is 254 Å². The number of allylic oxidation sites excluding steroid dienone is 1. The van der Waals surface area contributed by atoms with E-state index in [-0.39, 0.29) is 18.8 Å². The Bertz CT molecular complexity index is 1820. The molecule has 1 aromatic heterocycles. The van der Waals surface area contributed by atoms with Crippen molar-refractivity contribution in [2.24, 2.45) is 10.2 Å². The lowest BCUT2D eigenvalue weighted by atomic mass is 10.2. The Balaban J connectivity index is 1.31. The molecule has 0 saturated heterocycles. The van der Waals surface area contributed by atoms with Crippen molar-refractivity contribution in [3.8, 4) is 11.4 Å². The molecule has 0 aliphatic carbocycles. The third kappa shape index (κ3) is 7.32. The second kappa shape index (κ2) is 13.4. The van der Waals surface area contributed by atoms with Crippen LogP contribution in [0.1, 0.15) is 12.5 Å². The minimum atomic E-state index is -0.609. The number of nitro groups is 1. The number of aromatic nitrogens is 2. The van der Waals surface area contributed by atoms with Gasteiger partial charge in [0, 0.05) is 42.7 Å². The molecular formula is C33H31N7O4. The highest BCUT2D eigenvalue weighted by Gasteiger charge is 2.17. The van der Waals surface area contributed by atoms with Crippen molar-refractivity contribution in [2.75, 3.05) is 18.6 Å². The molecule has 222 valence electrons. The van der Waals surface area contributed by atoms with E-state index < -0.39 is 11.0 Å². The summed E-state index contributed by atoms with van der Waals surface area (Å²) < 4.78 is 7.13. The van der Waals surface area contributed by atoms with Gasteiger partial charge in [0.05, 0.1) is 33.9 Å². The highest BCUT2D eigenvalue weighted by Crippen LogP contribution is 2.29. The number of carbonyl (C=O) groups excluding carboxylic acids is 1. The molecule has 0 radical (unpaired) electrons. The Morgan fingerprint density at radius 2 is 1.66 bits per heavy atom. The predicted molar refractivity (Wildman–Crippen MR) is 170 cm³/mol. The van der Waals surface area contributed by atoms with Crippen LogP contribution in [0.3, 0.4) is 0 Å². The third-order valence-electron chi connectivity index (χ3n) is 6.77. The molecule has 4 aromatic carbocycles. The molecule has 0 aliphatic heterocycles. The quantitative estimate of drug-likeness (QED) is 0.0947. The van der Waals surface area contributed by atoms with E-state index in [1.165, 1.54) is 17.7 Å². The molecule has 0 atom stereocenters. The number of azo groups is 1. The normalized spacial score (nSPS) is 11.0. The van der Waals surface area contributed by atoms with Gasteiger partial charge >= 0.3 is 6.09 Å². The van der Waals surface area contributed by atoms with Crippen molar-refractivity contribution >= 4 is 39.9 Å². The van der Waals surface area contributed by atoms with Crippen LogP contribution >= 0.6 is 0 Å². The molecule has 0 bridgehead atoms. The molecule has 0 unspecified atom stereocenters. The van der Waals surface area contributed by atoms with E-state index in [1.807, 2.05) is 78.3 Å². The molecule has 5 aromatic rings. The molecule has 44 heavy (non-hydrogen) atoms. The van der Waals surface area contributed by atoms with Crippen molar-refractivity contribution in [1.82, 2.24) is 14.9 Å². The maximum absolute atomic E-state index is 11.9. The predicted octanol–water partition coefficient (Wildman–Crippen LogP) is 7.92. The van der Waals surface area contributed by atoms with Gasteiger partial charge in [-0.2, -0.15) is 10.2 Å². The molecule has 0 fully saturated rings. The first-order valence-corrected chi connectivity index (χ1v) is 13.9. The van der Waals surface area contributed by atoms with Crippen molar-refractivity contribution in [3.05, 3.63) is 125 Å². The number of nitro benzene ring substituents is 1. The number of amides is 1. The molecule has 0 saturated carbocycles. The average molecular weight is 590 g/mol. The van der Waals surface area contributed by atoms with Gasteiger partial charge in [-0.05, 0) is 67.1 Å². The standard InChI is InChI=1S/C33H31N7O4/c1-23(2)34-33(41)44-20-19-39-31-18-17-29(40(42)43)21-30(31)35-32(39)25-9-11-26(12-10-25)36-37-27-13-15-28(16-14-27)38(3)22-24-7-5-4-6-8-24/h4-18,21H,1,19-20,22H2,2-3H3,(H,34,41). The third-order valence-corrected chi connectivity index (χ3v) is 6.77. The SMILES string of the molecule is C=C(C)NC(=O)OCCn1c(-c2ccc(N=Nc3ccc(N(C)Cc4ccccc4)cc3)cc2)nc2cc([N+](=O)[O-])ccc21. The van der Waals surface area contributed by atoms with E-state index in [4.69, 9.17) is 4.74 Å². The Morgan fingerprint density at radius 3 is 2.30 bits per heavy atom. The maximum Gasteiger partial charge on any atom is 0.411 e. The minimum absolute atomic E-state index is 0.0572. The van der Waals surface area contributed by atoms with E-state index in [0.717, 1.165) is 23.5 Å². The van der Waals surface area contributed by atoms with Crippen LogP contribution in [0.25, 0.3) is 22.4 Å². The summed E-state index contributed by atoms with van der Waals surface area (Å²) in [6.45, 7) is 6.43. The van der Waals surface area contributed by atoms with Crippen LogP contribution in [-0.4, -0.2) is 34.2 Å². The number of anilines is 1. The van der Waals surface area contributed by atoms with Crippen LogP contribution in [0.2, 0.25) is 0 Å². The van der Waals surface area contributed by atoms with Crippen molar-refractivity contribution < 1.29 is 14.5 Å². The number of hydrogen-bond donors (Lipinski definition) is 1. The molecule has 0 aliphatic rings. The van der Waals surface area contributed by atoms with Gasteiger partial charge in [-0.1, -0.05) is 36.9 Å². The summed E-state index contributed by atoms with van der Waals surface area (Å²) in [5.41, 5.74) is 6.00. The average Bonchev–Trinajstić information content (AvgIpc) is 3.38. The lowest BCUT2D eigenvalue weighted by Gasteiger charge is -2.19. The van der Waals surface area contributed by atoms with E-state index in [9.17, 15) is 14.9 Å². The lowest BCUT2D eigenvalue weighted by molar-refractivity contribution is -0.384. The molecule has 11 heteroatoms. The molecule has 11 nitrogen and oxygen atoms in total. The summed E-state index contributed by atoms with van der Waals surface area (Å²) in [4.78, 5) is 29.6. The second-order valence-electron chi connectivity index (χ2n) is 10.2. The zero-order valence-electron chi connectivity index (χ0n) is 24.4. The molecular weight excluding hydrogens is 558 g/mol. The number of non-ortho nitro benzene ring substituents is 1. The van der Waals surface area contributed by atoms with Crippen LogP contribution in [-0.2, 0) is 17.8 Å². The fraction of sp³-hybridized carbons (Fsp3) is 0.152. The van der Waals surface area contributed by atoms with Gasteiger partial charge in [0.25, 0.3) is 5.69 Å². The smallest absolute Gasteiger partial charge is 0.411 e. The van der Waals surface area contributed by atoms with Gasteiger partial charge in [-0.25, -0.2) is 9.78 Å². The fourth-order valence-electron chi connectivity index (χ4n) is 4.63. The van der Waals surface area contributed by atoms with Crippen molar-refractivity contribution in [2.45, 2.75) is 20.0 Å². The van der Waals surface area contributed by atoms with Gasteiger partial charge in [0.15, 0.2) is 0 Å². The Morgan fingerprint density at radius 1 is 1.00 bits per heavy atom. The van der Waals surface area contributed by atoms with Crippen LogP contribution in [0.5, 0.6) is 0 Å². The maximum atomic E-state index is 11.9. The second-order valence-corrected chi connectivity index (χ2v) is 10.2. The van der Waals surface area contributed by atoms with Gasteiger partial charge < -0.3 is 14.2 Å². The molecule has 1 heterocycles. The van der Waals surface area contributed by atoms with E-state index in [2.05, 4.69) is 44.1 Å². The zero-order chi connectivity index (χ0) is 31.1. The molecule has 1 N–H and O–H groups in total. The first kappa shape index (κ1) is 29.6. The number of imidazole rings is 1. The number of nitrogens with zero attached hydrogens (tertiary/aromatic N) is 6. The van der Waals surface area contributed by atoms with Crippen molar-refractivity contribution in [3.63, 3.8) is 0 Å². The monoisotopic (exact) mass is 589 g/mol. The Hall–Kier alpha value is -5.84. The first-order valence-electron chi connectivity index (χ1n) is 13.9.